The summed E-state index contributed by atoms with van der Waals surface area (Å²) in [6, 6.07) is 14.1. The number of para-hydroxylation sites is 1. The van der Waals surface area contributed by atoms with Crippen LogP contribution in [0.3, 0.4) is 0 Å². The van der Waals surface area contributed by atoms with Gasteiger partial charge in [-0.05, 0) is 36.8 Å². The number of hydrogen-bond donors (Lipinski definition) is 1. The lowest BCUT2D eigenvalue weighted by atomic mass is 10.2. The van der Waals surface area contributed by atoms with Gasteiger partial charge in [-0.3, -0.25) is 4.98 Å². The number of benzene rings is 1. The van der Waals surface area contributed by atoms with Gasteiger partial charge in [-0.15, -0.1) is 0 Å². The molecule has 0 aliphatic carbocycles. The molecule has 0 unspecified atom stereocenters. The Balaban J connectivity index is 1.90. The minimum absolute atomic E-state index is 0.913. The highest BCUT2D eigenvalue weighted by atomic mass is 32.1. The molecule has 0 atom stereocenters. The first-order valence-corrected chi connectivity index (χ1v) is 6.84. The highest BCUT2D eigenvalue weighted by molar-refractivity contribution is 7.19. The molecule has 3 nitrogen and oxygen atoms in total. The molecule has 0 saturated carbocycles. The monoisotopic (exact) mass is 267 g/mol. The summed E-state index contributed by atoms with van der Waals surface area (Å²) in [5.74, 6) is 0. The molecule has 0 bridgehead atoms. The summed E-state index contributed by atoms with van der Waals surface area (Å²) >= 11 is 1.66. The molecule has 0 saturated heterocycles. The molecule has 3 aromatic rings. The molecule has 0 aliphatic rings. The first-order chi connectivity index (χ1) is 9.33. The molecular weight excluding hydrogens is 254 g/mol. The van der Waals surface area contributed by atoms with Gasteiger partial charge in [0, 0.05) is 18.1 Å². The Morgan fingerprint density at radius 3 is 2.47 bits per heavy atom. The molecule has 1 N–H and O–H groups in total. The molecule has 0 aliphatic heterocycles. The lowest BCUT2D eigenvalue weighted by Gasteiger charge is -2.00. The third-order valence-electron chi connectivity index (χ3n) is 2.76. The molecule has 4 heteroatoms. The van der Waals surface area contributed by atoms with Crippen molar-refractivity contribution in [1.29, 1.82) is 0 Å². The van der Waals surface area contributed by atoms with Crippen molar-refractivity contribution in [2.45, 2.75) is 6.92 Å². The minimum atomic E-state index is 0.913. The van der Waals surface area contributed by atoms with Crippen molar-refractivity contribution in [1.82, 2.24) is 9.97 Å². The van der Waals surface area contributed by atoms with Gasteiger partial charge in [0.15, 0.2) is 5.13 Å². The van der Waals surface area contributed by atoms with Crippen LogP contribution >= 0.6 is 11.3 Å². The fourth-order valence-electron chi connectivity index (χ4n) is 1.87. The fraction of sp³-hybridized carbons (Fsp3) is 0.0667. The second-order valence-electron chi connectivity index (χ2n) is 4.16. The molecule has 94 valence electrons. The van der Waals surface area contributed by atoms with E-state index >= 15 is 0 Å². The minimum Gasteiger partial charge on any atom is -0.332 e. The van der Waals surface area contributed by atoms with Gasteiger partial charge in [0.2, 0.25) is 0 Å². The summed E-state index contributed by atoms with van der Waals surface area (Å²) in [6.45, 7) is 2.03. The van der Waals surface area contributed by atoms with Gasteiger partial charge in [-0.1, -0.05) is 29.5 Å². The van der Waals surface area contributed by atoms with Gasteiger partial charge in [0.25, 0.3) is 0 Å². The molecule has 0 radical (unpaired) electrons. The van der Waals surface area contributed by atoms with Crippen LogP contribution in [0.5, 0.6) is 0 Å². The van der Waals surface area contributed by atoms with E-state index in [9.17, 15) is 0 Å². The molecule has 0 amide bonds. The van der Waals surface area contributed by atoms with E-state index in [2.05, 4.69) is 15.3 Å². The topological polar surface area (TPSA) is 37.8 Å². The zero-order chi connectivity index (χ0) is 13.1. The maximum absolute atomic E-state index is 4.57. The molecule has 0 fully saturated rings. The third-order valence-corrected chi connectivity index (χ3v) is 3.89. The van der Waals surface area contributed by atoms with Crippen molar-refractivity contribution in [3.63, 3.8) is 0 Å². The predicted octanol–water partition coefficient (Wildman–Crippen LogP) is 4.26. The second kappa shape index (κ2) is 5.20. The summed E-state index contributed by atoms with van der Waals surface area (Å²) in [5.41, 5.74) is 3.25. The maximum atomic E-state index is 4.57. The number of aromatic nitrogens is 2. The van der Waals surface area contributed by atoms with Crippen LogP contribution in [0, 0.1) is 6.92 Å². The number of anilines is 2. The molecule has 2 aromatic heterocycles. The Morgan fingerprint density at radius 2 is 1.74 bits per heavy atom. The highest BCUT2D eigenvalue weighted by Gasteiger charge is 2.09. The van der Waals surface area contributed by atoms with Crippen LogP contribution in [-0.2, 0) is 0 Å². The van der Waals surface area contributed by atoms with Crippen LogP contribution in [0.2, 0.25) is 0 Å². The predicted molar refractivity (Wildman–Crippen MR) is 79.8 cm³/mol. The van der Waals surface area contributed by atoms with Crippen molar-refractivity contribution >= 4 is 22.2 Å². The van der Waals surface area contributed by atoms with Crippen LogP contribution in [0.25, 0.3) is 10.4 Å². The molecule has 0 spiro atoms. The van der Waals surface area contributed by atoms with Crippen molar-refractivity contribution in [3.8, 4) is 10.4 Å². The Morgan fingerprint density at radius 1 is 1.00 bits per heavy atom. The molecular formula is C15H13N3S. The van der Waals surface area contributed by atoms with Crippen molar-refractivity contribution in [2.75, 3.05) is 5.32 Å². The lowest BCUT2D eigenvalue weighted by molar-refractivity contribution is 1.26. The summed E-state index contributed by atoms with van der Waals surface area (Å²) in [4.78, 5) is 9.79. The van der Waals surface area contributed by atoms with E-state index in [1.165, 1.54) is 4.88 Å². The number of nitrogens with one attached hydrogen (secondary N) is 1. The molecule has 19 heavy (non-hydrogen) atoms. The van der Waals surface area contributed by atoms with E-state index in [1.807, 2.05) is 49.4 Å². The normalized spacial score (nSPS) is 10.4. The van der Waals surface area contributed by atoms with Crippen molar-refractivity contribution in [2.24, 2.45) is 0 Å². The first kappa shape index (κ1) is 11.9. The van der Waals surface area contributed by atoms with Gasteiger partial charge in [-0.25, -0.2) is 4.98 Å². The Hall–Kier alpha value is -2.20. The smallest absolute Gasteiger partial charge is 0.187 e. The maximum Gasteiger partial charge on any atom is 0.187 e. The average Bonchev–Trinajstić information content (AvgIpc) is 2.82. The number of nitrogens with zero attached hydrogens (tertiary/aromatic N) is 2. The van der Waals surface area contributed by atoms with E-state index in [4.69, 9.17) is 0 Å². The second-order valence-corrected chi connectivity index (χ2v) is 5.16. The van der Waals surface area contributed by atoms with Crippen molar-refractivity contribution in [3.05, 3.63) is 60.6 Å². The first-order valence-electron chi connectivity index (χ1n) is 6.03. The lowest BCUT2D eigenvalue weighted by Crippen LogP contribution is -1.88. The van der Waals surface area contributed by atoms with E-state index in [0.717, 1.165) is 22.1 Å². The average molecular weight is 267 g/mol. The largest absolute Gasteiger partial charge is 0.332 e. The Kier molecular flexibility index (Phi) is 3.25. The zero-order valence-electron chi connectivity index (χ0n) is 10.5. The SMILES string of the molecule is Cc1nc(Nc2ccccc2)sc1-c1ccncc1. The van der Waals surface area contributed by atoms with Crippen LogP contribution in [0.15, 0.2) is 54.9 Å². The van der Waals surface area contributed by atoms with Gasteiger partial charge in [0.05, 0.1) is 10.6 Å². The van der Waals surface area contributed by atoms with Crippen molar-refractivity contribution < 1.29 is 0 Å². The molecule has 3 rings (SSSR count). The van der Waals surface area contributed by atoms with Crippen LogP contribution < -0.4 is 5.32 Å². The van der Waals surface area contributed by atoms with E-state index in [-0.39, 0.29) is 0 Å². The number of aryl methyl sites for hydroxylation is 1. The van der Waals surface area contributed by atoms with Crippen LogP contribution in [0.1, 0.15) is 5.69 Å². The summed E-state index contributed by atoms with van der Waals surface area (Å²) < 4.78 is 0. The van der Waals surface area contributed by atoms with Gasteiger partial charge < -0.3 is 5.32 Å². The van der Waals surface area contributed by atoms with E-state index in [1.54, 1.807) is 23.7 Å². The number of thiazole rings is 1. The molecule has 2 heterocycles. The van der Waals surface area contributed by atoms with Crippen LogP contribution in [-0.4, -0.2) is 9.97 Å². The fourth-order valence-corrected chi connectivity index (χ4v) is 2.86. The van der Waals surface area contributed by atoms with E-state index in [0.29, 0.717) is 0 Å². The summed E-state index contributed by atoms with van der Waals surface area (Å²) in [5, 5.41) is 4.24. The van der Waals surface area contributed by atoms with Gasteiger partial charge in [-0.2, -0.15) is 0 Å². The standard InChI is InChI=1S/C15H13N3S/c1-11-14(12-7-9-16-10-8-12)19-15(17-11)18-13-5-3-2-4-6-13/h2-10H,1H3,(H,17,18). The Labute approximate surface area is 116 Å². The third kappa shape index (κ3) is 2.63. The zero-order valence-corrected chi connectivity index (χ0v) is 11.3. The summed E-state index contributed by atoms with van der Waals surface area (Å²) in [7, 11) is 0. The van der Waals surface area contributed by atoms with Gasteiger partial charge in [0.1, 0.15) is 0 Å². The van der Waals surface area contributed by atoms with Gasteiger partial charge >= 0.3 is 0 Å². The Bertz CT molecular complexity index is 662. The number of rotatable bonds is 3. The quantitative estimate of drug-likeness (QED) is 0.770. The van der Waals surface area contributed by atoms with E-state index < -0.39 is 0 Å². The highest BCUT2D eigenvalue weighted by Crippen LogP contribution is 2.33. The summed E-state index contributed by atoms with van der Waals surface area (Å²) in [6.07, 6.45) is 3.61. The van der Waals surface area contributed by atoms with Crippen LogP contribution in [0.4, 0.5) is 10.8 Å². The molecule has 1 aromatic carbocycles. The number of pyridine rings is 1. The number of hydrogen-bond acceptors (Lipinski definition) is 4.